The number of likely N-dealkylation sites (tertiary alicyclic amines) is 1. The maximum atomic E-state index is 5.78. The minimum Gasteiger partial charge on any atom is -0.375 e. The maximum absolute atomic E-state index is 5.78. The molecule has 6 heteroatoms. The molecule has 0 spiro atoms. The Morgan fingerprint density at radius 2 is 2.05 bits per heavy atom. The topological polar surface area (TPSA) is 55.0 Å². The van der Waals surface area contributed by atoms with E-state index in [1.165, 1.54) is 65.7 Å². The van der Waals surface area contributed by atoms with Crippen LogP contribution in [0, 0.1) is 0 Å². The van der Waals surface area contributed by atoms with Gasteiger partial charge in [-0.1, -0.05) is 0 Å². The van der Waals surface area contributed by atoms with E-state index in [-0.39, 0.29) is 0 Å². The van der Waals surface area contributed by atoms with Crippen LogP contribution < -0.4 is 5.73 Å². The first-order valence-corrected chi connectivity index (χ1v) is 8.92. The molecule has 4 nitrogen and oxygen atoms in total. The number of aromatic nitrogens is 2. The summed E-state index contributed by atoms with van der Waals surface area (Å²) in [5.41, 5.74) is 8.08. The van der Waals surface area contributed by atoms with Gasteiger partial charge in [-0.2, -0.15) is 0 Å². The van der Waals surface area contributed by atoms with Gasteiger partial charge in [0.25, 0.3) is 0 Å². The van der Waals surface area contributed by atoms with E-state index < -0.39 is 0 Å². The van der Waals surface area contributed by atoms with Crippen LogP contribution in [0.3, 0.4) is 0 Å². The Morgan fingerprint density at radius 1 is 1.25 bits per heavy atom. The molecule has 2 aromatic rings. The Balaban J connectivity index is 1.64. The van der Waals surface area contributed by atoms with Gasteiger partial charge < -0.3 is 5.73 Å². The van der Waals surface area contributed by atoms with Crippen molar-refractivity contribution in [3.8, 4) is 10.6 Å². The Morgan fingerprint density at radius 3 is 2.70 bits per heavy atom. The minimum absolute atomic E-state index is 0.649. The van der Waals surface area contributed by atoms with Crippen LogP contribution in [0.2, 0.25) is 0 Å². The second-order valence-electron chi connectivity index (χ2n) is 5.65. The summed E-state index contributed by atoms with van der Waals surface area (Å²) in [6, 6.07) is 0. The van der Waals surface area contributed by atoms with Crippen molar-refractivity contribution >= 4 is 27.8 Å². The molecule has 0 atom stereocenters. The summed E-state index contributed by atoms with van der Waals surface area (Å²) in [5.74, 6) is 0.663. The highest BCUT2D eigenvalue weighted by Gasteiger charge is 2.31. The summed E-state index contributed by atoms with van der Waals surface area (Å²) in [4.78, 5) is 13.1. The molecule has 20 heavy (non-hydrogen) atoms. The van der Waals surface area contributed by atoms with Crippen LogP contribution in [0.5, 0.6) is 0 Å². The second kappa shape index (κ2) is 5.09. The molecule has 1 saturated carbocycles. The van der Waals surface area contributed by atoms with Gasteiger partial charge in [0, 0.05) is 11.3 Å². The number of thiazole rings is 2. The molecule has 0 unspecified atom stereocenters. The fourth-order valence-corrected chi connectivity index (χ4v) is 4.57. The van der Waals surface area contributed by atoms with Gasteiger partial charge in [-0.05, 0) is 38.8 Å². The van der Waals surface area contributed by atoms with Gasteiger partial charge in [0.2, 0.25) is 0 Å². The molecule has 1 saturated heterocycles. The van der Waals surface area contributed by atoms with Crippen molar-refractivity contribution < 1.29 is 0 Å². The molecule has 2 N–H and O–H groups in total. The smallest absolute Gasteiger partial charge is 0.180 e. The van der Waals surface area contributed by atoms with Crippen molar-refractivity contribution in [2.75, 3.05) is 18.8 Å². The average molecular weight is 306 g/mol. The Hall–Kier alpha value is -0.980. The number of rotatable bonds is 4. The zero-order valence-electron chi connectivity index (χ0n) is 11.3. The van der Waals surface area contributed by atoms with Crippen LogP contribution in [0.4, 0.5) is 5.13 Å². The monoisotopic (exact) mass is 306 g/mol. The maximum Gasteiger partial charge on any atom is 0.180 e. The van der Waals surface area contributed by atoms with Crippen molar-refractivity contribution in [3.05, 3.63) is 16.1 Å². The van der Waals surface area contributed by atoms with E-state index in [0.29, 0.717) is 11.0 Å². The first-order chi connectivity index (χ1) is 9.79. The van der Waals surface area contributed by atoms with Crippen LogP contribution in [-0.4, -0.2) is 28.0 Å². The molecule has 4 rings (SSSR count). The van der Waals surface area contributed by atoms with Crippen LogP contribution in [-0.2, 0) is 6.54 Å². The van der Waals surface area contributed by atoms with Gasteiger partial charge in [-0.3, -0.25) is 4.90 Å². The Labute approximate surface area is 126 Å². The first kappa shape index (κ1) is 12.7. The standard InChI is InChI=1S/C14H18N4S2/c15-14-16-10(8-19-14)13-12(9-3-4-9)17-11(20-13)7-18-5-1-2-6-18/h8-9H,1-7H2,(H2,15,16). The van der Waals surface area contributed by atoms with E-state index in [4.69, 9.17) is 10.7 Å². The van der Waals surface area contributed by atoms with E-state index in [2.05, 4.69) is 15.3 Å². The van der Waals surface area contributed by atoms with Crippen molar-refractivity contribution in [2.45, 2.75) is 38.1 Å². The number of nitrogen functional groups attached to an aromatic ring is 1. The van der Waals surface area contributed by atoms with Crippen molar-refractivity contribution in [1.82, 2.24) is 14.9 Å². The summed E-state index contributed by atoms with van der Waals surface area (Å²) < 4.78 is 0. The second-order valence-corrected chi connectivity index (χ2v) is 7.62. The fourth-order valence-electron chi connectivity index (χ4n) is 2.79. The van der Waals surface area contributed by atoms with Crippen LogP contribution in [0.25, 0.3) is 10.6 Å². The number of nitrogens with zero attached hydrogens (tertiary/aromatic N) is 3. The van der Waals surface area contributed by atoms with Crippen molar-refractivity contribution in [1.29, 1.82) is 0 Å². The average Bonchev–Trinajstić information content (AvgIpc) is 2.86. The summed E-state index contributed by atoms with van der Waals surface area (Å²) >= 11 is 3.33. The lowest BCUT2D eigenvalue weighted by Gasteiger charge is -2.11. The van der Waals surface area contributed by atoms with Crippen LogP contribution in [0.15, 0.2) is 5.38 Å². The molecule has 0 bridgehead atoms. The molecule has 2 fully saturated rings. The third-order valence-corrected chi connectivity index (χ3v) is 5.73. The van der Waals surface area contributed by atoms with E-state index >= 15 is 0 Å². The zero-order valence-corrected chi connectivity index (χ0v) is 13.0. The predicted molar refractivity (Wildman–Crippen MR) is 84.1 cm³/mol. The largest absolute Gasteiger partial charge is 0.375 e. The lowest BCUT2D eigenvalue weighted by Crippen LogP contribution is -2.18. The van der Waals surface area contributed by atoms with E-state index in [9.17, 15) is 0 Å². The van der Waals surface area contributed by atoms with E-state index in [0.717, 1.165) is 12.2 Å². The zero-order chi connectivity index (χ0) is 13.5. The normalized spacial score (nSPS) is 19.8. The first-order valence-electron chi connectivity index (χ1n) is 7.23. The number of hydrogen-bond donors (Lipinski definition) is 1. The highest BCUT2D eigenvalue weighted by atomic mass is 32.1. The summed E-state index contributed by atoms with van der Waals surface area (Å²) in [7, 11) is 0. The molecule has 3 heterocycles. The fraction of sp³-hybridized carbons (Fsp3) is 0.571. The molecule has 1 aliphatic heterocycles. The van der Waals surface area contributed by atoms with E-state index in [1.807, 2.05) is 11.3 Å². The minimum atomic E-state index is 0.649. The lowest BCUT2D eigenvalue weighted by atomic mass is 10.2. The number of anilines is 1. The molecular weight excluding hydrogens is 288 g/mol. The third-order valence-electron chi connectivity index (χ3n) is 3.97. The van der Waals surface area contributed by atoms with Gasteiger partial charge in [-0.15, -0.1) is 22.7 Å². The van der Waals surface area contributed by atoms with Gasteiger partial charge in [0.1, 0.15) is 5.01 Å². The van der Waals surface area contributed by atoms with Crippen molar-refractivity contribution in [2.24, 2.45) is 0 Å². The molecule has 0 radical (unpaired) electrons. The number of nitrogens with two attached hydrogens (primary N) is 1. The van der Waals surface area contributed by atoms with Gasteiger partial charge in [0.15, 0.2) is 5.13 Å². The van der Waals surface area contributed by atoms with Gasteiger partial charge in [-0.25, -0.2) is 9.97 Å². The molecule has 0 aromatic carbocycles. The van der Waals surface area contributed by atoms with Gasteiger partial charge in [0.05, 0.1) is 22.8 Å². The summed E-state index contributed by atoms with van der Waals surface area (Å²) in [6.07, 6.45) is 5.21. The summed E-state index contributed by atoms with van der Waals surface area (Å²) in [5, 5.41) is 3.96. The SMILES string of the molecule is Nc1nc(-c2sc(CN3CCCC3)nc2C2CC2)cs1. The molecule has 1 aliphatic carbocycles. The quantitative estimate of drug-likeness (QED) is 0.941. The van der Waals surface area contributed by atoms with Crippen LogP contribution >= 0.6 is 22.7 Å². The molecule has 106 valence electrons. The highest BCUT2D eigenvalue weighted by molar-refractivity contribution is 7.16. The Kier molecular flexibility index (Phi) is 3.24. The molecular formula is C14H18N4S2. The third kappa shape index (κ3) is 2.47. The molecule has 0 amide bonds. The number of hydrogen-bond acceptors (Lipinski definition) is 6. The van der Waals surface area contributed by atoms with Crippen molar-refractivity contribution in [3.63, 3.8) is 0 Å². The predicted octanol–water partition coefficient (Wildman–Crippen LogP) is 3.32. The Bertz CT molecular complexity index is 608. The lowest BCUT2D eigenvalue weighted by molar-refractivity contribution is 0.330. The van der Waals surface area contributed by atoms with Gasteiger partial charge >= 0.3 is 0 Å². The van der Waals surface area contributed by atoms with Crippen LogP contribution in [0.1, 0.15) is 42.3 Å². The molecule has 2 aliphatic rings. The summed E-state index contributed by atoms with van der Waals surface area (Å²) in [6.45, 7) is 3.44. The molecule has 2 aromatic heterocycles. The highest BCUT2D eigenvalue weighted by Crippen LogP contribution is 2.46. The van der Waals surface area contributed by atoms with E-state index in [1.54, 1.807) is 0 Å².